The van der Waals surface area contributed by atoms with Gasteiger partial charge < -0.3 is 19.5 Å². The standard InChI is InChI=1S/C26H24FNO5/c1-32-23-10-6-4-7-17(23)18-12-11-16(15-24(18)33-2)25(29)28-21(13-14-22(28)26(30)31)19-8-3-5-9-20(19)27/h3-12,15,21-22H,13-14H2,1-2H3,(H,30,31)/t21-,22+/m1/s1. The first kappa shape index (κ1) is 22.3. The van der Waals surface area contributed by atoms with Crippen molar-refractivity contribution in [3.63, 3.8) is 0 Å². The molecule has 1 fully saturated rings. The minimum Gasteiger partial charge on any atom is -0.496 e. The fourth-order valence-electron chi connectivity index (χ4n) is 4.45. The Morgan fingerprint density at radius 1 is 0.909 bits per heavy atom. The van der Waals surface area contributed by atoms with Crippen molar-refractivity contribution in [3.8, 4) is 22.6 Å². The van der Waals surface area contributed by atoms with E-state index in [0.29, 0.717) is 23.5 Å². The van der Waals surface area contributed by atoms with E-state index in [9.17, 15) is 19.1 Å². The first-order valence-corrected chi connectivity index (χ1v) is 10.6. The van der Waals surface area contributed by atoms with Crippen LogP contribution in [0.1, 0.15) is 34.8 Å². The van der Waals surface area contributed by atoms with Crippen LogP contribution in [0.5, 0.6) is 11.5 Å². The third-order valence-electron chi connectivity index (χ3n) is 6.01. The molecule has 2 atom stereocenters. The highest BCUT2D eigenvalue weighted by Gasteiger charge is 2.43. The molecule has 3 aromatic carbocycles. The lowest BCUT2D eigenvalue weighted by atomic mass is 10.00. The molecule has 33 heavy (non-hydrogen) atoms. The number of amides is 1. The van der Waals surface area contributed by atoms with Gasteiger partial charge in [0.05, 0.1) is 20.3 Å². The van der Waals surface area contributed by atoms with E-state index >= 15 is 0 Å². The number of likely N-dealkylation sites (tertiary alicyclic amines) is 1. The van der Waals surface area contributed by atoms with Crippen LogP contribution in [0, 0.1) is 5.82 Å². The van der Waals surface area contributed by atoms with Crippen LogP contribution < -0.4 is 9.47 Å². The molecule has 0 spiro atoms. The molecule has 1 aliphatic heterocycles. The summed E-state index contributed by atoms with van der Waals surface area (Å²) in [5.41, 5.74) is 2.10. The minimum atomic E-state index is -1.11. The number of methoxy groups -OCH3 is 2. The highest BCUT2D eigenvalue weighted by molar-refractivity contribution is 5.98. The van der Waals surface area contributed by atoms with Gasteiger partial charge in [-0.3, -0.25) is 4.79 Å². The SMILES string of the molecule is COc1ccccc1-c1ccc(C(=O)N2[C@@H](c3ccccc3F)CC[C@H]2C(=O)O)cc1OC. The Labute approximate surface area is 191 Å². The molecule has 0 aliphatic carbocycles. The van der Waals surface area contributed by atoms with Crippen LogP contribution in [0.25, 0.3) is 11.1 Å². The van der Waals surface area contributed by atoms with E-state index in [0.717, 1.165) is 11.1 Å². The van der Waals surface area contributed by atoms with Crippen molar-refractivity contribution in [2.45, 2.75) is 24.9 Å². The third kappa shape index (κ3) is 4.14. The van der Waals surface area contributed by atoms with Crippen LogP contribution in [0.15, 0.2) is 66.7 Å². The Hall–Kier alpha value is -3.87. The quantitative estimate of drug-likeness (QED) is 0.577. The summed E-state index contributed by atoms with van der Waals surface area (Å²) in [6, 6.07) is 16.8. The number of carbonyl (C=O) groups excluding carboxylic acids is 1. The summed E-state index contributed by atoms with van der Waals surface area (Å²) in [5.74, 6) is -0.966. The van der Waals surface area contributed by atoms with Crippen molar-refractivity contribution in [2.24, 2.45) is 0 Å². The Morgan fingerprint density at radius 2 is 1.58 bits per heavy atom. The van der Waals surface area contributed by atoms with Crippen LogP contribution in [0.4, 0.5) is 4.39 Å². The van der Waals surface area contributed by atoms with Gasteiger partial charge in [-0.25, -0.2) is 9.18 Å². The van der Waals surface area contributed by atoms with Gasteiger partial charge in [0, 0.05) is 22.3 Å². The molecule has 0 aromatic heterocycles. The van der Waals surface area contributed by atoms with Gasteiger partial charge in [-0.05, 0) is 43.2 Å². The summed E-state index contributed by atoms with van der Waals surface area (Å²) < 4.78 is 25.5. The molecule has 170 valence electrons. The van der Waals surface area contributed by atoms with Gasteiger partial charge in [-0.15, -0.1) is 0 Å². The molecule has 6 nitrogen and oxygen atoms in total. The van der Waals surface area contributed by atoms with E-state index in [-0.39, 0.29) is 12.0 Å². The zero-order valence-electron chi connectivity index (χ0n) is 18.3. The smallest absolute Gasteiger partial charge is 0.326 e. The Balaban J connectivity index is 1.75. The van der Waals surface area contributed by atoms with Crippen LogP contribution >= 0.6 is 0 Å². The number of halogens is 1. The monoisotopic (exact) mass is 449 g/mol. The van der Waals surface area contributed by atoms with Gasteiger partial charge in [0.15, 0.2) is 0 Å². The molecule has 3 aromatic rings. The molecular formula is C26H24FNO5. The number of aliphatic carboxylic acids is 1. The highest BCUT2D eigenvalue weighted by atomic mass is 19.1. The molecular weight excluding hydrogens is 425 g/mol. The van der Waals surface area contributed by atoms with Gasteiger partial charge in [-0.2, -0.15) is 0 Å². The molecule has 1 aliphatic rings. The predicted molar refractivity (Wildman–Crippen MR) is 121 cm³/mol. The number of hydrogen-bond donors (Lipinski definition) is 1. The zero-order chi connectivity index (χ0) is 23.5. The van der Waals surface area contributed by atoms with E-state index in [4.69, 9.17) is 9.47 Å². The zero-order valence-corrected chi connectivity index (χ0v) is 18.3. The maximum atomic E-state index is 14.5. The first-order valence-electron chi connectivity index (χ1n) is 10.6. The van der Waals surface area contributed by atoms with Crippen molar-refractivity contribution in [1.82, 2.24) is 4.90 Å². The average Bonchev–Trinajstić information content (AvgIpc) is 3.28. The fourth-order valence-corrected chi connectivity index (χ4v) is 4.45. The highest BCUT2D eigenvalue weighted by Crippen LogP contribution is 2.40. The largest absolute Gasteiger partial charge is 0.496 e. The Bertz CT molecular complexity index is 1190. The molecule has 0 saturated carbocycles. The summed E-state index contributed by atoms with van der Waals surface area (Å²) in [4.78, 5) is 26.7. The number of ether oxygens (including phenoxy) is 2. The number of rotatable bonds is 6. The maximum absolute atomic E-state index is 14.5. The molecule has 0 radical (unpaired) electrons. The number of hydrogen-bond acceptors (Lipinski definition) is 4. The second kappa shape index (κ2) is 9.32. The van der Waals surface area contributed by atoms with E-state index < -0.39 is 29.8 Å². The van der Waals surface area contributed by atoms with Crippen LogP contribution in [0.3, 0.4) is 0 Å². The van der Waals surface area contributed by atoms with E-state index in [1.807, 2.05) is 24.3 Å². The molecule has 0 unspecified atom stereocenters. The van der Waals surface area contributed by atoms with Crippen molar-refractivity contribution in [3.05, 3.63) is 83.7 Å². The summed E-state index contributed by atoms with van der Waals surface area (Å²) in [6.07, 6.45) is 0.608. The summed E-state index contributed by atoms with van der Waals surface area (Å²) in [5, 5.41) is 9.74. The summed E-state index contributed by atoms with van der Waals surface area (Å²) in [7, 11) is 3.08. The lowest BCUT2D eigenvalue weighted by Gasteiger charge is -2.29. The predicted octanol–water partition coefficient (Wildman–Crippen LogP) is 4.94. The second-order valence-electron chi connectivity index (χ2n) is 7.80. The molecule has 0 bridgehead atoms. The van der Waals surface area contributed by atoms with Gasteiger partial charge in [0.25, 0.3) is 5.91 Å². The fraction of sp³-hybridized carbons (Fsp3) is 0.231. The van der Waals surface area contributed by atoms with Crippen LogP contribution in [-0.2, 0) is 4.79 Å². The van der Waals surface area contributed by atoms with E-state index in [1.54, 1.807) is 43.5 Å². The van der Waals surface area contributed by atoms with Crippen LogP contribution in [-0.4, -0.2) is 42.1 Å². The topological polar surface area (TPSA) is 76.1 Å². The number of carboxylic acid groups (broad SMARTS) is 1. The average molecular weight is 449 g/mol. The summed E-state index contributed by atoms with van der Waals surface area (Å²) >= 11 is 0. The van der Waals surface area contributed by atoms with Crippen molar-refractivity contribution >= 4 is 11.9 Å². The summed E-state index contributed by atoms with van der Waals surface area (Å²) in [6.45, 7) is 0. The van der Waals surface area contributed by atoms with Crippen molar-refractivity contribution in [2.75, 3.05) is 14.2 Å². The number of benzene rings is 3. The van der Waals surface area contributed by atoms with Crippen molar-refractivity contribution in [1.29, 1.82) is 0 Å². The number of carbonyl (C=O) groups is 2. The third-order valence-corrected chi connectivity index (χ3v) is 6.01. The minimum absolute atomic E-state index is 0.247. The number of carboxylic acids is 1. The van der Waals surface area contributed by atoms with E-state index in [1.165, 1.54) is 18.1 Å². The van der Waals surface area contributed by atoms with Gasteiger partial charge in [-0.1, -0.05) is 36.4 Å². The van der Waals surface area contributed by atoms with Gasteiger partial charge in [0.2, 0.25) is 0 Å². The molecule has 1 heterocycles. The number of nitrogens with zero attached hydrogens (tertiary/aromatic N) is 1. The molecule has 1 saturated heterocycles. The molecule has 1 N–H and O–H groups in total. The number of para-hydroxylation sites is 1. The Kier molecular flexibility index (Phi) is 6.31. The normalized spacial score (nSPS) is 17.6. The second-order valence-corrected chi connectivity index (χ2v) is 7.80. The first-order chi connectivity index (χ1) is 16.0. The lowest BCUT2D eigenvalue weighted by Crippen LogP contribution is -2.42. The molecule has 1 amide bonds. The maximum Gasteiger partial charge on any atom is 0.326 e. The van der Waals surface area contributed by atoms with E-state index in [2.05, 4.69) is 0 Å². The lowest BCUT2D eigenvalue weighted by molar-refractivity contribution is -0.141. The van der Waals surface area contributed by atoms with Gasteiger partial charge in [0.1, 0.15) is 23.4 Å². The van der Waals surface area contributed by atoms with Crippen LogP contribution in [0.2, 0.25) is 0 Å². The van der Waals surface area contributed by atoms with Crippen molar-refractivity contribution < 1.29 is 28.6 Å². The Morgan fingerprint density at radius 3 is 2.27 bits per heavy atom. The van der Waals surface area contributed by atoms with Gasteiger partial charge >= 0.3 is 5.97 Å². The molecule has 7 heteroatoms. The molecule has 4 rings (SSSR count).